The first-order valence-electron chi connectivity index (χ1n) is 8.13. The van der Waals surface area contributed by atoms with Crippen molar-refractivity contribution >= 4 is 0 Å². The van der Waals surface area contributed by atoms with Crippen molar-refractivity contribution < 1.29 is 0 Å². The van der Waals surface area contributed by atoms with Gasteiger partial charge in [0.05, 0.1) is 0 Å². The number of nitrogens with zero attached hydrogens (tertiary/aromatic N) is 1. The van der Waals surface area contributed by atoms with Crippen LogP contribution in [0.2, 0.25) is 0 Å². The van der Waals surface area contributed by atoms with Gasteiger partial charge in [0.15, 0.2) is 0 Å². The highest BCUT2D eigenvalue weighted by atomic mass is 15.2. The molecule has 2 aliphatic carbocycles. The third-order valence-corrected chi connectivity index (χ3v) is 5.29. The van der Waals surface area contributed by atoms with Gasteiger partial charge in [0.2, 0.25) is 0 Å². The van der Waals surface area contributed by atoms with Crippen LogP contribution in [0.1, 0.15) is 48.9 Å². The molecule has 3 aliphatic rings. The molecule has 1 saturated heterocycles. The van der Waals surface area contributed by atoms with Gasteiger partial charge in [-0.15, -0.1) is 0 Å². The molecule has 1 aliphatic heterocycles. The first-order chi connectivity index (χ1) is 9.81. The molecule has 2 fully saturated rings. The van der Waals surface area contributed by atoms with Gasteiger partial charge in [0.25, 0.3) is 0 Å². The van der Waals surface area contributed by atoms with Crippen molar-refractivity contribution in [3.8, 4) is 0 Å². The molecular formula is C17H25N3. The predicted molar refractivity (Wildman–Crippen MR) is 81.4 cm³/mol. The highest BCUT2D eigenvalue weighted by Crippen LogP contribution is 2.37. The lowest BCUT2D eigenvalue weighted by atomic mass is 10.1. The quantitative estimate of drug-likeness (QED) is 0.882. The Morgan fingerprint density at radius 2 is 1.95 bits per heavy atom. The van der Waals surface area contributed by atoms with Crippen LogP contribution in [0.3, 0.4) is 0 Å². The van der Waals surface area contributed by atoms with Crippen molar-refractivity contribution in [1.82, 2.24) is 10.2 Å². The Bertz CT molecular complexity index is 483. The van der Waals surface area contributed by atoms with Gasteiger partial charge < -0.3 is 16.0 Å². The lowest BCUT2D eigenvalue weighted by Crippen LogP contribution is -2.29. The number of nitrogens with one attached hydrogen (secondary N) is 1. The molecule has 0 radical (unpaired) electrons. The van der Waals surface area contributed by atoms with Gasteiger partial charge in [-0.3, -0.25) is 0 Å². The normalized spacial score (nSPS) is 33.5. The number of benzene rings is 1. The van der Waals surface area contributed by atoms with Crippen LogP contribution in [-0.4, -0.2) is 30.6 Å². The standard InChI is InChI=1S/C17H25N3/c18-16-9-17(15-4-2-1-3-14(15)16)19-10-12-7-8-20(11-12)13-5-6-13/h1-4,12-13,16-17,19H,5-11,18H2. The molecule has 108 valence electrons. The number of nitrogens with two attached hydrogens (primary N) is 1. The lowest BCUT2D eigenvalue weighted by Gasteiger charge is -2.18. The molecule has 20 heavy (non-hydrogen) atoms. The summed E-state index contributed by atoms with van der Waals surface area (Å²) in [6.07, 6.45) is 5.29. The van der Waals surface area contributed by atoms with E-state index in [0.29, 0.717) is 6.04 Å². The smallest absolute Gasteiger partial charge is 0.0341 e. The predicted octanol–water partition coefficient (Wildman–Crippen LogP) is 2.21. The Hall–Kier alpha value is -0.900. The number of likely N-dealkylation sites (tertiary alicyclic amines) is 1. The number of fused-ring (bicyclic) bond motifs is 1. The Balaban J connectivity index is 1.34. The summed E-state index contributed by atoms with van der Waals surface area (Å²) in [5.41, 5.74) is 9.01. The fourth-order valence-corrected chi connectivity index (χ4v) is 3.98. The van der Waals surface area contributed by atoms with Crippen molar-refractivity contribution in [2.75, 3.05) is 19.6 Å². The van der Waals surface area contributed by atoms with Crippen molar-refractivity contribution in [3.63, 3.8) is 0 Å². The average Bonchev–Trinajstić information content (AvgIpc) is 3.13. The van der Waals surface area contributed by atoms with Crippen LogP contribution >= 0.6 is 0 Å². The summed E-state index contributed by atoms with van der Waals surface area (Å²) in [6, 6.07) is 10.3. The highest BCUT2D eigenvalue weighted by molar-refractivity contribution is 5.37. The summed E-state index contributed by atoms with van der Waals surface area (Å²) in [6.45, 7) is 3.77. The molecule has 3 atom stereocenters. The largest absolute Gasteiger partial charge is 0.324 e. The second-order valence-corrected chi connectivity index (χ2v) is 6.81. The molecule has 3 nitrogen and oxygen atoms in total. The van der Waals surface area contributed by atoms with E-state index in [-0.39, 0.29) is 6.04 Å². The van der Waals surface area contributed by atoms with E-state index in [9.17, 15) is 0 Å². The minimum Gasteiger partial charge on any atom is -0.324 e. The van der Waals surface area contributed by atoms with Gasteiger partial charge >= 0.3 is 0 Å². The fourth-order valence-electron chi connectivity index (χ4n) is 3.98. The Kier molecular flexibility index (Phi) is 3.29. The van der Waals surface area contributed by atoms with Gasteiger partial charge in [0.1, 0.15) is 0 Å². The summed E-state index contributed by atoms with van der Waals surface area (Å²) in [7, 11) is 0. The molecule has 1 heterocycles. The van der Waals surface area contributed by atoms with Crippen LogP contribution in [0.5, 0.6) is 0 Å². The highest BCUT2D eigenvalue weighted by Gasteiger charge is 2.35. The molecule has 0 bridgehead atoms. The summed E-state index contributed by atoms with van der Waals surface area (Å²) < 4.78 is 0. The summed E-state index contributed by atoms with van der Waals surface area (Å²) >= 11 is 0. The topological polar surface area (TPSA) is 41.3 Å². The van der Waals surface area contributed by atoms with Crippen LogP contribution in [0, 0.1) is 5.92 Å². The lowest BCUT2D eigenvalue weighted by molar-refractivity contribution is 0.309. The third-order valence-electron chi connectivity index (χ3n) is 5.29. The van der Waals surface area contributed by atoms with Crippen LogP contribution in [0.4, 0.5) is 0 Å². The van der Waals surface area contributed by atoms with Gasteiger partial charge in [-0.2, -0.15) is 0 Å². The van der Waals surface area contributed by atoms with Gasteiger partial charge in [-0.05, 0) is 55.8 Å². The van der Waals surface area contributed by atoms with Crippen molar-refractivity contribution in [1.29, 1.82) is 0 Å². The van der Waals surface area contributed by atoms with E-state index < -0.39 is 0 Å². The Morgan fingerprint density at radius 3 is 2.75 bits per heavy atom. The zero-order valence-corrected chi connectivity index (χ0v) is 12.1. The van der Waals surface area contributed by atoms with E-state index >= 15 is 0 Å². The SMILES string of the molecule is NC1CC(NCC2CCN(C3CC3)C2)c2ccccc21. The van der Waals surface area contributed by atoms with Gasteiger partial charge in [0, 0.05) is 24.7 Å². The zero-order valence-electron chi connectivity index (χ0n) is 12.1. The number of hydrogen-bond donors (Lipinski definition) is 2. The number of hydrogen-bond acceptors (Lipinski definition) is 3. The molecule has 3 N–H and O–H groups in total. The summed E-state index contributed by atoms with van der Waals surface area (Å²) in [4.78, 5) is 2.70. The van der Waals surface area contributed by atoms with Crippen LogP contribution in [0.15, 0.2) is 24.3 Å². The van der Waals surface area contributed by atoms with E-state index in [1.807, 2.05) is 0 Å². The van der Waals surface area contributed by atoms with E-state index in [4.69, 9.17) is 5.73 Å². The molecule has 0 aromatic heterocycles. The van der Waals surface area contributed by atoms with Crippen LogP contribution in [-0.2, 0) is 0 Å². The molecule has 1 saturated carbocycles. The van der Waals surface area contributed by atoms with Crippen molar-refractivity contribution in [2.24, 2.45) is 11.7 Å². The Labute approximate surface area is 121 Å². The minimum absolute atomic E-state index is 0.218. The monoisotopic (exact) mass is 271 g/mol. The molecule has 4 rings (SSSR count). The van der Waals surface area contributed by atoms with Crippen LogP contribution < -0.4 is 11.1 Å². The van der Waals surface area contributed by atoms with Gasteiger partial charge in [-0.25, -0.2) is 0 Å². The molecule has 0 amide bonds. The average molecular weight is 271 g/mol. The van der Waals surface area contributed by atoms with E-state index in [0.717, 1.165) is 24.9 Å². The van der Waals surface area contributed by atoms with Crippen molar-refractivity contribution in [3.05, 3.63) is 35.4 Å². The second-order valence-electron chi connectivity index (χ2n) is 6.81. The summed E-state index contributed by atoms with van der Waals surface area (Å²) in [5, 5.41) is 3.78. The maximum Gasteiger partial charge on any atom is 0.0341 e. The summed E-state index contributed by atoms with van der Waals surface area (Å²) in [5.74, 6) is 0.833. The molecule has 1 aromatic carbocycles. The zero-order chi connectivity index (χ0) is 13.5. The van der Waals surface area contributed by atoms with E-state index in [1.165, 1.54) is 43.5 Å². The fraction of sp³-hybridized carbons (Fsp3) is 0.647. The third kappa shape index (κ3) is 2.39. The van der Waals surface area contributed by atoms with Gasteiger partial charge in [-0.1, -0.05) is 24.3 Å². The maximum atomic E-state index is 6.24. The maximum absolute atomic E-state index is 6.24. The van der Waals surface area contributed by atoms with Crippen LogP contribution in [0.25, 0.3) is 0 Å². The molecule has 3 unspecified atom stereocenters. The second kappa shape index (κ2) is 5.14. The Morgan fingerprint density at radius 1 is 1.15 bits per heavy atom. The molecule has 0 spiro atoms. The molecule has 3 heteroatoms. The first-order valence-corrected chi connectivity index (χ1v) is 8.13. The number of rotatable bonds is 4. The molecular weight excluding hydrogens is 246 g/mol. The molecule has 1 aromatic rings. The van der Waals surface area contributed by atoms with E-state index in [1.54, 1.807) is 0 Å². The first kappa shape index (κ1) is 12.8. The van der Waals surface area contributed by atoms with E-state index in [2.05, 4.69) is 34.5 Å². The van der Waals surface area contributed by atoms with Crippen molar-refractivity contribution in [2.45, 2.75) is 43.8 Å². The minimum atomic E-state index is 0.218.